The molecule has 3 aromatic rings. The van der Waals surface area contributed by atoms with Crippen molar-refractivity contribution in [3.63, 3.8) is 0 Å². The van der Waals surface area contributed by atoms with Gasteiger partial charge in [0, 0.05) is 40.6 Å². The molecule has 3 aromatic heterocycles. The molecule has 26 heavy (non-hydrogen) atoms. The predicted octanol–water partition coefficient (Wildman–Crippen LogP) is 3.21. The Hall–Kier alpha value is -2.48. The zero-order chi connectivity index (χ0) is 19.0. The lowest BCUT2D eigenvalue weighted by Crippen LogP contribution is -2.27. The highest BCUT2D eigenvalue weighted by Gasteiger charge is 2.23. The standard InChI is InChI=1S/C18H19BrN4O3/c1-10-7-15(11(2)22(10)9-16-21-20-13(4)26-16)18(25)12(3)23-8-14(19)5-6-17(23)24/h5-8,12H,9H2,1-4H3. The number of carbonyl (C=O) groups excluding carboxylic acids is 1. The molecule has 0 fully saturated rings. The molecular formula is C18H19BrN4O3. The Bertz CT molecular complexity index is 1030. The van der Waals surface area contributed by atoms with E-state index in [1.165, 1.54) is 10.6 Å². The van der Waals surface area contributed by atoms with Gasteiger partial charge in [-0.1, -0.05) is 0 Å². The van der Waals surface area contributed by atoms with Gasteiger partial charge in [0.2, 0.25) is 11.8 Å². The quantitative estimate of drug-likeness (QED) is 0.593. The maximum Gasteiger partial charge on any atom is 0.251 e. The van der Waals surface area contributed by atoms with Gasteiger partial charge in [-0.3, -0.25) is 9.59 Å². The maximum atomic E-state index is 13.0. The minimum atomic E-state index is -0.611. The number of hydrogen-bond acceptors (Lipinski definition) is 5. The van der Waals surface area contributed by atoms with Crippen LogP contribution >= 0.6 is 15.9 Å². The van der Waals surface area contributed by atoms with Crippen molar-refractivity contribution in [2.24, 2.45) is 0 Å². The van der Waals surface area contributed by atoms with Gasteiger partial charge in [0.05, 0.1) is 6.04 Å². The van der Waals surface area contributed by atoms with Gasteiger partial charge < -0.3 is 13.6 Å². The molecule has 1 atom stereocenters. The Kier molecular flexibility index (Phi) is 4.95. The van der Waals surface area contributed by atoms with E-state index in [9.17, 15) is 9.59 Å². The summed E-state index contributed by atoms with van der Waals surface area (Å²) >= 11 is 3.34. The molecule has 3 rings (SSSR count). The lowest BCUT2D eigenvalue weighted by atomic mass is 10.1. The molecule has 136 valence electrons. The Morgan fingerprint density at radius 2 is 2.00 bits per heavy atom. The van der Waals surface area contributed by atoms with E-state index in [4.69, 9.17) is 4.42 Å². The van der Waals surface area contributed by atoms with Crippen LogP contribution in [0, 0.1) is 20.8 Å². The van der Waals surface area contributed by atoms with Crippen molar-refractivity contribution in [1.82, 2.24) is 19.3 Å². The number of pyridine rings is 1. The number of Topliss-reactive ketones (excluding diaryl/α,β-unsaturated/α-hetero) is 1. The first kappa shape index (κ1) is 18.3. The molecule has 0 saturated carbocycles. The summed E-state index contributed by atoms with van der Waals surface area (Å²) in [6.07, 6.45) is 1.63. The molecule has 0 bridgehead atoms. The number of nitrogens with zero attached hydrogens (tertiary/aromatic N) is 4. The molecule has 0 radical (unpaired) electrons. The largest absolute Gasteiger partial charge is 0.424 e. The number of aryl methyl sites for hydroxylation is 2. The second-order valence-electron chi connectivity index (χ2n) is 6.22. The first-order valence-corrected chi connectivity index (χ1v) is 8.95. The van der Waals surface area contributed by atoms with E-state index in [2.05, 4.69) is 26.1 Å². The molecular weight excluding hydrogens is 400 g/mol. The van der Waals surface area contributed by atoms with Crippen LogP contribution in [0.25, 0.3) is 0 Å². The summed E-state index contributed by atoms with van der Waals surface area (Å²) in [5.41, 5.74) is 2.08. The molecule has 3 heterocycles. The zero-order valence-electron chi connectivity index (χ0n) is 15.0. The monoisotopic (exact) mass is 418 g/mol. The fourth-order valence-corrected chi connectivity index (χ4v) is 3.31. The van der Waals surface area contributed by atoms with E-state index in [0.717, 1.165) is 15.9 Å². The first-order chi connectivity index (χ1) is 12.3. The van der Waals surface area contributed by atoms with E-state index in [0.29, 0.717) is 23.9 Å². The highest BCUT2D eigenvalue weighted by Crippen LogP contribution is 2.22. The van der Waals surface area contributed by atoms with E-state index in [-0.39, 0.29) is 11.3 Å². The van der Waals surface area contributed by atoms with Crippen molar-refractivity contribution in [2.75, 3.05) is 0 Å². The van der Waals surface area contributed by atoms with Crippen molar-refractivity contribution in [2.45, 2.75) is 40.3 Å². The molecule has 1 unspecified atom stereocenters. The maximum absolute atomic E-state index is 13.0. The SMILES string of the molecule is Cc1nnc(Cn2c(C)cc(C(=O)C(C)n3cc(Br)ccc3=O)c2C)o1. The number of halogens is 1. The average Bonchev–Trinajstić information content (AvgIpc) is 3.13. The van der Waals surface area contributed by atoms with Crippen molar-refractivity contribution in [3.8, 4) is 0 Å². The van der Waals surface area contributed by atoms with E-state index < -0.39 is 6.04 Å². The van der Waals surface area contributed by atoms with Crippen molar-refractivity contribution < 1.29 is 9.21 Å². The summed E-state index contributed by atoms with van der Waals surface area (Å²) in [6, 6.07) is 4.32. The predicted molar refractivity (Wildman–Crippen MR) is 99.5 cm³/mol. The molecule has 0 amide bonds. The summed E-state index contributed by atoms with van der Waals surface area (Å²) in [5, 5.41) is 7.84. The van der Waals surface area contributed by atoms with Crippen LogP contribution in [0.4, 0.5) is 0 Å². The summed E-state index contributed by atoms with van der Waals surface area (Å²) in [5.74, 6) is 0.868. The van der Waals surface area contributed by atoms with Gasteiger partial charge in [-0.05, 0) is 48.8 Å². The first-order valence-electron chi connectivity index (χ1n) is 8.15. The molecule has 0 aliphatic heterocycles. The van der Waals surface area contributed by atoms with Gasteiger partial charge >= 0.3 is 0 Å². The summed E-state index contributed by atoms with van der Waals surface area (Å²) in [7, 11) is 0. The fourth-order valence-electron chi connectivity index (χ4n) is 2.96. The topological polar surface area (TPSA) is 82.9 Å². The van der Waals surface area contributed by atoms with Gasteiger partial charge in [0.1, 0.15) is 6.54 Å². The van der Waals surface area contributed by atoms with Crippen molar-refractivity contribution >= 4 is 21.7 Å². The van der Waals surface area contributed by atoms with Crippen LogP contribution in [0.1, 0.15) is 46.5 Å². The molecule has 0 aromatic carbocycles. The fraction of sp³-hybridized carbons (Fsp3) is 0.333. The van der Waals surface area contributed by atoms with Crippen LogP contribution in [0.5, 0.6) is 0 Å². The number of carbonyl (C=O) groups is 1. The van der Waals surface area contributed by atoms with Crippen LogP contribution in [-0.2, 0) is 6.54 Å². The van der Waals surface area contributed by atoms with Crippen LogP contribution in [0.15, 0.2) is 38.1 Å². The number of aromatic nitrogens is 4. The summed E-state index contributed by atoms with van der Waals surface area (Å²) in [6.45, 7) is 7.65. The molecule has 0 N–H and O–H groups in total. The van der Waals surface area contributed by atoms with Crippen LogP contribution in [0.3, 0.4) is 0 Å². The Labute approximate surface area is 158 Å². The number of rotatable bonds is 5. The Balaban J connectivity index is 1.94. The Morgan fingerprint density at radius 3 is 2.65 bits per heavy atom. The highest BCUT2D eigenvalue weighted by atomic mass is 79.9. The average molecular weight is 419 g/mol. The number of ketones is 1. The van der Waals surface area contributed by atoms with Gasteiger partial charge in [-0.2, -0.15) is 0 Å². The van der Waals surface area contributed by atoms with E-state index in [1.54, 1.807) is 26.1 Å². The zero-order valence-corrected chi connectivity index (χ0v) is 16.6. The normalized spacial score (nSPS) is 12.3. The molecule has 0 aliphatic carbocycles. The van der Waals surface area contributed by atoms with Crippen molar-refractivity contribution in [1.29, 1.82) is 0 Å². The lowest BCUT2D eigenvalue weighted by molar-refractivity contribution is 0.0932. The van der Waals surface area contributed by atoms with Crippen LogP contribution in [-0.4, -0.2) is 25.1 Å². The smallest absolute Gasteiger partial charge is 0.251 e. The molecule has 7 nitrogen and oxygen atoms in total. The third kappa shape index (κ3) is 3.41. The van der Waals surface area contributed by atoms with Gasteiger partial charge in [0.25, 0.3) is 5.56 Å². The molecule has 0 aliphatic rings. The minimum absolute atomic E-state index is 0.119. The highest BCUT2D eigenvalue weighted by molar-refractivity contribution is 9.10. The minimum Gasteiger partial charge on any atom is -0.424 e. The van der Waals surface area contributed by atoms with E-state index in [1.807, 2.05) is 24.5 Å². The molecule has 0 spiro atoms. The third-order valence-electron chi connectivity index (χ3n) is 4.40. The second-order valence-corrected chi connectivity index (χ2v) is 7.13. The lowest BCUT2D eigenvalue weighted by Gasteiger charge is -2.14. The summed E-state index contributed by atoms with van der Waals surface area (Å²) < 4.78 is 9.56. The van der Waals surface area contributed by atoms with Crippen LogP contribution in [0.2, 0.25) is 0 Å². The summed E-state index contributed by atoms with van der Waals surface area (Å²) in [4.78, 5) is 25.1. The number of hydrogen-bond donors (Lipinski definition) is 0. The van der Waals surface area contributed by atoms with Gasteiger partial charge in [-0.25, -0.2) is 0 Å². The Morgan fingerprint density at radius 1 is 1.27 bits per heavy atom. The molecule has 8 heteroatoms. The van der Waals surface area contributed by atoms with E-state index >= 15 is 0 Å². The van der Waals surface area contributed by atoms with Gasteiger partial charge in [0.15, 0.2) is 5.78 Å². The second kappa shape index (κ2) is 7.03. The third-order valence-corrected chi connectivity index (χ3v) is 4.87. The van der Waals surface area contributed by atoms with Gasteiger partial charge in [-0.15, -0.1) is 10.2 Å². The van der Waals surface area contributed by atoms with Crippen molar-refractivity contribution in [3.05, 3.63) is 68.0 Å². The molecule has 0 saturated heterocycles. The van der Waals surface area contributed by atoms with Crippen LogP contribution < -0.4 is 5.56 Å².